The Morgan fingerprint density at radius 1 is 0.692 bits per heavy atom. The van der Waals surface area contributed by atoms with Crippen molar-refractivity contribution >= 4 is 31.8 Å². The fourth-order valence-corrected chi connectivity index (χ4v) is 13.7. The Labute approximate surface area is 468 Å². The van der Waals surface area contributed by atoms with Gasteiger partial charge in [0.1, 0.15) is 17.3 Å². The molecule has 0 amide bonds. The van der Waals surface area contributed by atoms with Crippen LogP contribution in [0.4, 0.5) is 0 Å². The Hall–Kier alpha value is -3.92. The molecule has 14 heteroatoms. The summed E-state index contributed by atoms with van der Waals surface area (Å²) in [5.74, 6) is 2.16. The van der Waals surface area contributed by atoms with Crippen LogP contribution < -0.4 is 9.47 Å². The van der Waals surface area contributed by atoms with E-state index in [1.165, 1.54) is 58.3 Å². The maximum absolute atomic E-state index is 13.7. The van der Waals surface area contributed by atoms with Crippen LogP contribution in [0.5, 0.6) is 11.5 Å². The summed E-state index contributed by atoms with van der Waals surface area (Å²) < 4.78 is 53.2. The summed E-state index contributed by atoms with van der Waals surface area (Å²) in [5.41, 5.74) is 6.59. The molecule has 2 saturated heterocycles. The van der Waals surface area contributed by atoms with Gasteiger partial charge in [0.15, 0.2) is 39.9 Å². The zero-order chi connectivity index (χ0) is 55.8. The lowest BCUT2D eigenvalue weighted by Gasteiger charge is -2.43. The smallest absolute Gasteiger partial charge is 0.343 e. The molecule has 2 heterocycles. The Kier molecular flexibility index (Phi) is 23.5. The number of Topliss-reactive ketones (excluding diaryl/α,β-unsaturated/α-hetero) is 2. The first kappa shape index (κ1) is 61.7. The molecular weight excluding hydrogens is 1000 g/mol. The van der Waals surface area contributed by atoms with Gasteiger partial charge in [0.2, 0.25) is 0 Å². The van der Waals surface area contributed by atoms with Crippen LogP contribution >= 0.6 is 0 Å². The van der Waals surface area contributed by atoms with E-state index < -0.39 is 14.3 Å². The SMILES string of the molecule is CCCCC[C@@H](CCC1=C2[C@H](CC1=O)Cc1c(OCC(=O)OC)cccc1[C@H]2O[Si](C)(C)C(C)(C)C)OC1CCCCO1.CCCCC[C@@H](CCC1C(=O)C[C@@H]2Cc3c(cccc3OCC(=O)OC)C[C@H]12)OC1CCCCO1. The van der Waals surface area contributed by atoms with E-state index in [9.17, 15) is 19.2 Å². The number of ketones is 2. The molecule has 13 nitrogen and oxygen atoms in total. The Balaban J connectivity index is 0.000000231. The first-order valence-electron chi connectivity index (χ1n) is 30.2. The highest BCUT2D eigenvalue weighted by Gasteiger charge is 2.48. The number of fused-ring (bicyclic) bond motifs is 4. The number of rotatable bonds is 26. The van der Waals surface area contributed by atoms with E-state index in [1.807, 2.05) is 24.3 Å². The van der Waals surface area contributed by atoms with Crippen LogP contribution in [0.2, 0.25) is 18.1 Å². The lowest BCUT2D eigenvalue weighted by molar-refractivity contribution is -0.191. The monoisotopic (exact) mass is 1100 g/mol. The molecule has 9 atom stereocenters. The zero-order valence-electron chi connectivity index (χ0n) is 49.1. The van der Waals surface area contributed by atoms with Gasteiger partial charge in [0.25, 0.3) is 0 Å². The molecule has 4 aliphatic carbocycles. The predicted molar refractivity (Wildman–Crippen MR) is 304 cm³/mol. The number of allylic oxidation sites excluding steroid dienone is 1. The third-order valence-corrected chi connectivity index (χ3v) is 22.4. The van der Waals surface area contributed by atoms with Crippen LogP contribution in [0.1, 0.15) is 191 Å². The third-order valence-electron chi connectivity index (χ3n) is 18.0. The fraction of sp³-hybridized carbons (Fsp3) is 0.719. The lowest BCUT2D eigenvalue weighted by atomic mass is 9.73. The van der Waals surface area contributed by atoms with Crippen molar-refractivity contribution in [2.45, 2.75) is 231 Å². The summed E-state index contributed by atoms with van der Waals surface area (Å²) in [6.45, 7) is 17.0. The summed E-state index contributed by atoms with van der Waals surface area (Å²) in [4.78, 5) is 50.3. The van der Waals surface area contributed by atoms with Crippen molar-refractivity contribution in [3.05, 3.63) is 69.8 Å². The van der Waals surface area contributed by atoms with Crippen molar-refractivity contribution in [1.29, 1.82) is 0 Å². The van der Waals surface area contributed by atoms with Gasteiger partial charge >= 0.3 is 11.9 Å². The van der Waals surface area contributed by atoms with E-state index in [0.29, 0.717) is 49.1 Å². The van der Waals surface area contributed by atoms with Gasteiger partial charge < -0.3 is 42.3 Å². The van der Waals surface area contributed by atoms with Crippen LogP contribution in [0.25, 0.3) is 0 Å². The molecule has 434 valence electrons. The molecule has 8 rings (SSSR count). The maximum Gasteiger partial charge on any atom is 0.343 e. The molecule has 2 aromatic rings. The average molecular weight is 1100 g/mol. The highest BCUT2D eigenvalue weighted by atomic mass is 28.4. The number of methoxy groups -OCH3 is 2. The number of benzene rings is 2. The molecule has 2 aromatic carbocycles. The number of carbonyl (C=O) groups is 4. The molecule has 0 N–H and O–H groups in total. The number of ether oxygens (including phenoxy) is 8. The molecule has 0 spiro atoms. The number of carbonyl (C=O) groups excluding carboxylic acids is 4. The minimum absolute atomic E-state index is 0.000642. The normalized spacial score (nSPS) is 24.7. The lowest BCUT2D eigenvalue weighted by Crippen LogP contribution is -2.43. The topological polar surface area (TPSA) is 151 Å². The van der Waals surface area contributed by atoms with E-state index in [-0.39, 0.29) is 72.7 Å². The molecule has 2 aliphatic heterocycles. The highest BCUT2D eigenvalue weighted by molar-refractivity contribution is 6.74. The van der Waals surface area contributed by atoms with Crippen molar-refractivity contribution in [2.75, 3.05) is 40.6 Å². The van der Waals surface area contributed by atoms with Gasteiger partial charge in [-0.25, -0.2) is 9.59 Å². The molecule has 0 bridgehead atoms. The quantitative estimate of drug-likeness (QED) is 0.0500. The van der Waals surface area contributed by atoms with E-state index in [0.717, 1.165) is 130 Å². The molecule has 0 aromatic heterocycles. The number of hydrogen-bond acceptors (Lipinski definition) is 13. The summed E-state index contributed by atoms with van der Waals surface area (Å²) in [6.07, 6.45) is 22.2. The molecule has 3 fully saturated rings. The average Bonchev–Trinajstić information content (AvgIpc) is 3.96. The van der Waals surface area contributed by atoms with Crippen LogP contribution in [0, 0.1) is 23.7 Å². The largest absolute Gasteiger partial charge is 0.482 e. The summed E-state index contributed by atoms with van der Waals surface area (Å²) in [6, 6.07) is 12.0. The second kappa shape index (κ2) is 29.7. The summed E-state index contributed by atoms with van der Waals surface area (Å²) in [7, 11) is 0.495. The van der Waals surface area contributed by atoms with Crippen molar-refractivity contribution < 1.29 is 61.5 Å². The van der Waals surface area contributed by atoms with Gasteiger partial charge in [-0.3, -0.25) is 9.59 Å². The van der Waals surface area contributed by atoms with E-state index in [4.69, 9.17) is 42.3 Å². The molecule has 3 unspecified atom stereocenters. The van der Waals surface area contributed by atoms with Gasteiger partial charge in [-0.05, 0) is 172 Å². The third kappa shape index (κ3) is 16.6. The Bertz CT molecular complexity index is 2310. The first-order chi connectivity index (χ1) is 37.5. The van der Waals surface area contributed by atoms with Gasteiger partial charge in [-0.1, -0.05) is 97.4 Å². The minimum Gasteiger partial charge on any atom is -0.482 e. The van der Waals surface area contributed by atoms with Crippen molar-refractivity contribution in [2.24, 2.45) is 23.7 Å². The highest BCUT2D eigenvalue weighted by Crippen LogP contribution is 2.53. The molecule has 6 aliphatic rings. The number of hydrogen-bond donors (Lipinski definition) is 0. The predicted octanol–water partition coefficient (Wildman–Crippen LogP) is 13.4. The van der Waals surface area contributed by atoms with Crippen molar-refractivity contribution in [3.8, 4) is 11.5 Å². The minimum atomic E-state index is -2.23. The number of esters is 2. The summed E-state index contributed by atoms with van der Waals surface area (Å²) >= 11 is 0. The maximum atomic E-state index is 13.7. The van der Waals surface area contributed by atoms with E-state index in [2.05, 4.69) is 59.8 Å². The molecule has 1 saturated carbocycles. The van der Waals surface area contributed by atoms with Crippen LogP contribution in [0.3, 0.4) is 0 Å². The first-order valence-corrected chi connectivity index (χ1v) is 33.1. The van der Waals surface area contributed by atoms with Gasteiger partial charge in [-0.2, -0.15) is 0 Å². The zero-order valence-corrected chi connectivity index (χ0v) is 50.1. The van der Waals surface area contributed by atoms with Crippen molar-refractivity contribution in [1.82, 2.24) is 0 Å². The van der Waals surface area contributed by atoms with Crippen molar-refractivity contribution in [3.63, 3.8) is 0 Å². The van der Waals surface area contributed by atoms with Gasteiger partial charge in [-0.15, -0.1) is 0 Å². The number of unbranched alkanes of at least 4 members (excludes halogenated alkanes) is 4. The van der Waals surface area contributed by atoms with Crippen LogP contribution in [-0.4, -0.2) is 97.3 Å². The Morgan fingerprint density at radius 3 is 1.85 bits per heavy atom. The molecular formula is C64H96O13Si. The summed E-state index contributed by atoms with van der Waals surface area (Å²) in [5, 5.41) is 0.000642. The van der Waals surface area contributed by atoms with Gasteiger partial charge in [0, 0.05) is 37.5 Å². The van der Waals surface area contributed by atoms with Crippen LogP contribution in [-0.2, 0) is 71.3 Å². The van der Waals surface area contributed by atoms with Gasteiger partial charge in [0.05, 0.1) is 32.5 Å². The fourth-order valence-electron chi connectivity index (χ4n) is 12.6. The van der Waals surface area contributed by atoms with E-state index >= 15 is 0 Å². The second-order valence-electron chi connectivity index (χ2n) is 24.5. The molecule has 78 heavy (non-hydrogen) atoms. The molecule has 0 radical (unpaired) electrons. The Morgan fingerprint density at radius 2 is 1.28 bits per heavy atom. The van der Waals surface area contributed by atoms with Crippen LogP contribution in [0.15, 0.2) is 47.5 Å². The standard InChI is InChI=1S/C35H54O7Si.C29H42O6/c1-8-9-10-14-25(41-32-17-11-12-20-39-32)18-19-27-29(36)22-24-21-28-26(15-13-16-30(28)40-23-31(37)38-5)34(33(24)27)42-43(6,7)35(2,3)4;1-3-4-5-10-22(35-29-12-6-7-15-33-29)13-14-23-24-16-20-9-8-11-27(34-19-28(31)32-2)25(20)17-21(24)18-26(23)30/h13,15-16,24-25,32,34H,8-12,14,17-23H2,1-7H3;8-9,11,21-24,29H,3-7,10,12-19H2,1-2H3/t24-,25-,32?,34+;21-,22-,23?,24-,29?/m00/s1. The second-order valence-corrected chi connectivity index (χ2v) is 29.2. The van der Waals surface area contributed by atoms with E-state index in [1.54, 1.807) is 0 Å².